The standard InChI is InChI=1S/C23H28FN3O2/c24-21-7-3-4-8-22(21)26-12-14-27(15-13-26)23(28)25-11-16-29-20-10-9-18-5-1-2-6-19(18)17-20/h3-4,7-10,17H,1-2,5-6,11-16H2,(H,25,28). The molecule has 4 rings (SSSR count). The Kier molecular flexibility index (Phi) is 6.17. The number of ether oxygens (including phenoxy) is 1. The Hall–Kier alpha value is -2.76. The van der Waals surface area contributed by atoms with Gasteiger partial charge in [-0.2, -0.15) is 0 Å². The zero-order chi connectivity index (χ0) is 20.1. The number of para-hydroxylation sites is 1. The molecule has 2 aromatic carbocycles. The van der Waals surface area contributed by atoms with E-state index in [4.69, 9.17) is 4.74 Å². The van der Waals surface area contributed by atoms with E-state index in [2.05, 4.69) is 17.4 Å². The van der Waals surface area contributed by atoms with Crippen molar-refractivity contribution in [1.82, 2.24) is 10.2 Å². The second kappa shape index (κ2) is 9.16. The number of carbonyl (C=O) groups excluding carboxylic acids is 1. The third-order valence-electron chi connectivity index (χ3n) is 5.73. The molecule has 6 heteroatoms. The highest BCUT2D eigenvalue weighted by atomic mass is 19.1. The van der Waals surface area contributed by atoms with Gasteiger partial charge in [0.15, 0.2) is 0 Å². The number of nitrogens with one attached hydrogen (secondary N) is 1. The van der Waals surface area contributed by atoms with Crippen molar-refractivity contribution >= 4 is 11.7 Å². The molecule has 0 aromatic heterocycles. The fourth-order valence-electron chi connectivity index (χ4n) is 4.10. The van der Waals surface area contributed by atoms with Crippen LogP contribution in [0.25, 0.3) is 0 Å². The number of benzene rings is 2. The van der Waals surface area contributed by atoms with Crippen LogP contribution in [0.2, 0.25) is 0 Å². The predicted molar refractivity (Wildman–Crippen MR) is 112 cm³/mol. The number of urea groups is 1. The Morgan fingerprint density at radius 2 is 1.76 bits per heavy atom. The summed E-state index contributed by atoms with van der Waals surface area (Å²) >= 11 is 0. The maximum Gasteiger partial charge on any atom is 0.317 e. The molecule has 2 aliphatic rings. The summed E-state index contributed by atoms with van der Waals surface area (Å²) in [5.74, 6) is 0.656. The van der Waals surface area contributed by atoms with Gasteiger partial charge in [0, 0.05) is 26.2 Å². The third-order valence-corrected chi connectivity index (χ3v) is 5.73. The minimum Gasteiger partial charge on any atom is -0.492 e. The molecular weight excluding hydrogens is 369 g/mol. The highest BCUT2D eigenvalue weighted by Crippen LogP contribution is 2.25. The quantitative estimate of drug-likeness (QED) is 0.784. The number of carbonyl (C=O) groups is 1. The number of piperazine rings is 1. The maximum absolute atomic E-state index is 13.9. The van der Waals surface area contributed by atoms with Crippen molar-refractivity contribution in [1.29, 1.82) is 0 Å². The van der Waals surface area contributed by atoms with Crippen LogP contribution in [0.3, 0.4) is 0 Å². The summed E-state index contributed by atoms with van der Waals surface area (Å²) in [6.07, 6.45) is 4.81. The van der Waals surface area contributed by atoms with Crippen molar-refractivity contribution in [3.8, 4) is 5.75 Å². The number of fused-ring (bicyclic) bond motifs is 1. The Balaban J connectivity index is 1.18. The lowest BCUT2D eigenvalue weighted by atomic mass is 9.92. The second-order valence-corrected chi connectivity index (χ2v) is 7.64. The molecule has 0 radical (unpaired) electrons. The summed E-state index contributed by atoms with van der Waals surface area (Å²) in [6, 6.07) is 13.0. The Bertz CT molecular complexity index is 850. The van der Waals surface area contributed by atoms with Gasteiger partial charge in [0.05, 0.1) is 12.2 Å². The number of hydrogen-bond acceptors (Lipinski definition) is 3. The van der Waals surface area contributed by atoms with Crippen LogP contribution in [0, 0.1) is 5.82 Å². The summed E-state index contributed by atoms with van der Waals surface area (Å²) in [4.78, 5) is 16.1. The molecule has 5 nitrogen and oxygen atoms in total. The lowest BCUT2D eigenvalue weighted by Gasteiger charge is -2.36. The zero-order valence-electron chi connectivity index (χ0n) is 16.7. The highest BCUT2D eigenvalue weighted by molar-refractivity contribution is 5.74. The molecular formula is C23H28FN3O2. The minimum absolute atomic E-state index is 0.0905. The first kappa shape index (κ1) is 19.6. The molecule has 0 atom stereocenters. The summed E-state index contributed by atoms with van der Waals surface area (Å²) < 4.78 is 19.7. The van der Waals surface area contributed by atoms with Gasteiger partial charge < -0.3 is 19.9 Å². The molecule has 1 N–H and O–H groups in total. The van der Waals surface area contributed by atoms with E-state index in [1.807, 2.05) is 17.0 Å². The largest absolute Gasteiger partial charge is 0.492 e. The summed E-state index contributed by atoms with van der Waals surface area (Å²) in [5, 5.41) is 2.92. The number of rotatable bonds is 5. The van der Waals surface area contributed by atoms with Gasteiger partial charge in [-0.05, 0) is 61.1 Å². The average Bonchev–Trinajstić information content (AvgIpc) is 2.77. The van der Waals surface area contributed by atoms with Crippen molar-refractivity contribution in [2.75, 3.05) is 44.2 Å². The van der Waals surface area contributed by atoms with E-state index in [1.54, 1.807) is 17.0 Å². The molecule has 1 aliphatic heterocycles. The highest BCUT2D eigenvalue weighted by Gasteiger charge is 2.22. The Labute approximate surface area is 171 Å². The average molecular weight is 397 g/mol. The van der Waals surface area contributed by atoms with Crippen LogP contribution < -0.4 is 15.0 Å². The summed E-state index contributed by atoms with van der Waals surface area (Å²) in [7, 11) is 0. The van der Waals surface area contributed by atoms with Crippen LogP contribution in [0.1, 0.15) is 24.0 Å². The molecule has 0 bridgehead atoms. The van der Waals surface area contributed by atoms with Gasteiger partial charge in [0.25, 0.3) is 0 Å². The van der Waals surface area contributed by atoms with Gasteiger partial charge in [-0.15, -0.1) is 0 Å². The number of aryl methyl sites for hydroxylation is 2. The Morgan fingerprint density at radius 3 is 2.55 bits per heavy atom. The maximum atomic E-state index is 13.9. The second-order valence-electron chi connectivity index (χ2n) is 7.64. The van der Waals surface area contributed by atoms with Crippen LogP contribution in [0.15, 0.2) is 42.5 Å². The van der Waals surface area contributed by atoms with Gasteiger partial charge in [0.1, 0.15) is 18.2 Å². The topological polar surface area (TPSA) is 44.8 Å². The van der Waals surface area contributed by atoms with Crippen LogP contribution in [-0.2, 0) is 12.8 Å². The van der Waals surface area contributed by atoms with E-state index in [0.29, 0.717) is 45.0 Å². The van der Waals surface area contributed by atoms with Gasteiger partial charge in [0.2, 0.25) is 0 Å². The van der Waals surface area contributed by atoms with Crippen molar-refractivity contribution in [2.24, 2.45) is 0 Å². The number of nitrogens with zero attached hydrogens (tertiary/aromatic N) is 2. The first-order valence-electron chi connectivity index (χ1n) is 10.5. The first-order chi connectivity index (χ1) is 14.2. The Morgan fingerprint density at radius 1 is 1.00 bits per heavy atom. The van der Waals surface area contributed by atoms with E-state index >= 15 is 0 Å². The van der Waals surface area contributed by atoms with Gasteiger partial charge in [-0.25, -0.2) is 9.18 Å². The van der Waals surface area contributed by atoms with Crippen LogP contribution in [0.5, 0.6) is 5.75 Å². The zero-order valence-corrected chi connectivity index (χ0v) is 16.7. The molecule has 1 fully saturated rings. The molecule has 1 heterocycles. The minimum atomic E-state index is -0.218. The molecule has 154 valence electrons. The van der Waals surface area contributed by atoms with E-state index < -0.39 is 0 Å². The lowest BCUT2D eigenvalue weighted by Crippen LogP contribution is -2.52. The molecule has 1 aliphatic carbocycles. The third kappa shape index (κ3) is 4.81. The summed E-state index contributed by atoms with van der Waals surface area (Å²) in [5.41, 5.74) is 3.43. The van der Waals surface area contributed by atoms with Crippen LogP contribution in [-0.4, -0.2) is 50.3 Å². The van der Waals surface area contributed by atoms with Crippen molar-refractivity contribution in [3.05, 3.63) is 59.4 Å². The predicted octanol–water partition coefficient (Wildman–Crippen LogP) is 3.62. The van der Waals surface area contributed by atoms with E-state index in [-0.39, 0.29) is 11.8 Å². The van der Waals surface area contributed by atoms with Gasteiger partial charge >= 0.3 is 6.03 Å². The van der Waals surface area contributed by atoms with E-state index in [9.17, 15) is 9.18 Å². The van der Waals surface area contributed by atoms with Crippen molar-refractivity contribution < 1.29 is 13.9 Å². The number of halogens is 1. The molecule has 0 spiro atoms. The lowest BCUT2D eigenvalue weighted by molar-refractivity contribution is 0.191. The van der Waals surface area contributed by atoms with Gasteiger partial charge in [-0.1, -0.05) is 18.2 Å². The monoisotopic (exact) mass is 397 g/mol. The summed E-state index contributed by atoms with van der Waals surface area (Å²) in [6.45, 7) is 3.31. The number of hydrogen-bond donors (Lipinski definition) is 1. The number of anilines is 1. The fourth-order valence-corrected chi connectivity index (χ4v) is 4.10. The fraction of sp³-hybridized carbons (Fsp3) is 0.435. The molecule has 29 heavy (non-hydrogen) atoms. The molecule has 2 amide bonds. The first-order valence-corrected chi connectivity index (χ1v) is 10.5. The molecule has 1 saturated heterocycles. The smallest absolute Gasteiger partial charge is 0.317 e. The van der Waals surface area contributed by atoms with Crippen LogP contribution >= 0.6 is 0 Å². The van der Waals surface area contributed by atoms with Crippen molar-refractivity contribution in [3.63, 3.8) is 0 Å². The normalized spacial score (nSPS) is 16.3. The van der Waals surface area contributed by atoms with Gasteiger partial charge in [-0.3, -0.25) is 0 Å². The molecule has 0 unspecified atom stereocenters. The molecule has 2 aromatic rings. The van der Waals surface area contributed by atoms with Crippen LogP contribution in [0.4, 0.5) is 14.9 Å². The van der Waals surface area contributed by atoms with Crippen molar-refractivity contribution in [2.45, 2.75) is 25.7 Å². The van der Waals surface area contributed by atoms with E-state index in [1.165, 1.54) is 30.0 Å². The van der Waals surface area contributed by atoms with E-state index in [0.717, 1.165) is 18.6 Å². The SMILES string of the molecule is O=C(NCCOc1ccc2c(c1)CCCC2)N1CCN(c2ccccc2F)CC1. The number of amides is 2. The molecule has 0 saturated carbocycles.